The SMILES string of the molecule is CC1=C(C(=O)Nc2ccccc2)[C@H](c2sccc2C)NC(=O)N1. The van der Waals surface area contributed by atoms with Crippen molar-refractivity contribution in [1.29, 1.82) is 0 Å². The zero-order valence-corrected chi connectivity index (χ0v) is 13.7. The smallest absolute Gasteiger partial charge is 0.319 e. The minimum absolute atomic E-state index is 0.223. The predicted octanol–water partition coefficient (Wildman–Crippen LogP) is 3.32. The highest BCUT2D eigenvalue weighted by Gasteiger charge is 2.32. The molecule has 0 spiro atoms. The van der Waals surface area contributed by atoms with Crippen molar-refractivity contribution in [1.82, 2.24) is 10.6 Å². The van der Waals surface area contributed by atoms with Crippen LogP contribution in [0.1, 0.15) is 23.4 Å². The van der Waals surface area contributed by atoms with Crippen LogP contribution in [-0.2, 0) is 4.79 Å². The van der Waals surface area contributed by atoms with Gasteiger partial charge in [-0.25, -0.2) is 4.79 Å². The van der Waals surface area contributed by atoms with E-state index in [1.807, 2.05) is 48.7 Å². The molecule has 2 aromatic rings. The van der Waals surface area contributed by atoms with Crippen molar-refractivity contribution < 1.29 is 9.59 Å². The molecule has 1 aromatic heterocycles. The number of anilines is 1. The van der Waals surface area contributed by atoms with E-state index in [9.17, 15) is 9.59 Å². The highest BCUT2D eigenvalue weighted by atomic mass is 32.1. The van der Waals surface area contributed by atoms with E-state index in [0.717, 1.165) is 16.1 Å². The third-order valence-electron chi connectivity index (χ3n) is 3.71. The van der Waals surface area contributed by atoms with Gasteiger partial charge in [0.1, 0.15) is 0 Å². The number of para-hydroxylation sites is 1. The Bertz CT molecular complexity index is 780. The van der Waals surface area contributed by atoms with E-state index < -0.39 is 6.04 Å². The summed E-state index contributed by atoms with van der Waals surface area (Å²) in [4.78, 5) is 25.5. The Morgan fingerprint density at radius 3 is 2.57 bits per heavy atom. The van der Waals surface area contributed by atoms with Gasteiger partial charge >= 0.3 is 6.03 Å². The molecule has 6 heteroatoms. The molecule has 5 nitrogen and oxygen atoms in total. The number of amides is 3. The number of aryl methyl sites for hydroxylation is 1. The average molecular weight is 327 g/mol. The molecule has 1 aliphatic heterocycles. The third kappa shape index (κ3) is 3.12. The fourth-order valence-corrected chi connectivity index (χ4v) is 3.58. The van der Waals surface area contributed by atoms with Crippen LogP contribution >= 0.6 is 11.3 Å². The quantitative estimate of drug-likeness (QED) is 0.809. The van der Waals surface area contributed by atoms with E-state index in [2.05, 4.69) is 16.0 Å². The van der Waals surface area contributed by atoms with Gasteiger partial charge in [0.25, 0.3) is 5.91 Å². The highest BCUT2D eigenvalue weighted by Crippen LogP contribution is 2.33. The van der Waals surface area contributed by atoms with Crippen molar-refractivity contribution in [2.24, 2.45) is 0 Å². The molecular formula is C17H17N3O2S. The molecule has 1 aromatic carbocycles. The first-order valence-electron chi connectivity index (χ1n) is 7.25. The zero-order valence-electron chi connectivity index (χ0n) is 12.8. The molecule has 3 rings (SSSR count). The molecule has 118 valence electrons. The maximum Gasteiger partial charge on any atom is 0.319 e. The zero-order chi connectivity index (χ0) is 16.4. The topological polar surface area (TPSA) is 70.2 Å². The Hall–Kier alpha value is -2.60. The number of carbonyl (C=O) groups excluding carboxylic acids is 2. The van der Waals surface area contributed by atoms with Crippen LogP contribution in [0.3, 0.4) is 0 Å². The van der Waals surface area contributed by atoms with E-state index in [-0.39, 0.29) is 11.9 Å². The van der Waals surface area contributed by atoms with Crippen molar-refractivity contribution in [3.63, 3.8) is 0 Å². The lowest BCUT2D eigenvalue weighted by Crippen LogP contribution is -2.45. The van der Waals surface area contributed by atoms with Gasteiger partial charge in [-0.1, -0.05) is 18.2 Å². The van der Waals surface area contributed by atoms with Crippen LogP contribution in [0.25, 0.3) is 0 Å². The molecule has 3 N–H and O–H groups in total. The van der Waals surface area contributed by atoms with E-state index in [1.165, 1.54) is 11.3 Å². The second kappa shape index (κ2) is 6.26. The Morgan fingerprint density at radius 2 is 1.91 bits per heavy atom. The van der Waals surface area contributed by atoms with Gasteiger partial charge in [-0.3, -0.25) is 4.79 Å². The molecule has 0 bridgehead atoms. The van der Waals surface area contributed by atoms with Crippen molar-refractivity contribution in [3.8, 4) is 0 Å². The lowest BCUT2D eigenvalue weighted by atomic mass is 9.98. The first-order chi connectivity index (χ1) is 11.1. The van der Waals surface area contributed by atoms with Crippen LogP contribution in [0, 0.1) is 6.92 Å². The molecule has 0 saturated heterocycles. The Labute approximate surface area is 138 Å². The third-order valence-corrected chi connectivity index (χ3v) is 4.79. The number of urea groups is 1. The molecule has 1 aliphatic rings. The van der Waals surface area contributed by atoms with Gasteiger partial charge in [-0.05, 0) is 43.0 Å². The van der Waals surface area contributed by atoms with Gasteiger partial charge in [-0.2, -0.15) is 0 Å². The number of hydrogen-bond acceptors (Lipinski definition) is 3. The highest BCUT2D eigenvalue weighted by molar-refractivity contribution is 7.10. The monoisotopic (exact) mass is 327 g/mol. The maximum atomic E-state index is 12.7. The Kier molecular flexibility index (Phi) is 4.16. The molecule has 0 unspecified atom stereocenters. The van der Waals surface area contributed by atoms with Crippen LogP contribution in [0.5, 0.6) is 0 Å². The van der Waals surface area contributed by atoms with E-state index in [4.69, 9.17) is 0 Å². The van der Waals surface area contributed by atoms with Crippen molar-refractivity contribution >= 4 is 29.0 Å². The van der Waals surface area contributed by atoms with Crippen LogP contribution in [0.15, 0.2) is 53.0 Å². The number of allylic oxidation sites excluding steroid dienone is 1. The van der Waals surface area contributed by atoms with Gasteiger partial charge in [0.2, 0.25) is 0 Å². The summed E-state index contributed by atoms with van der Waals surface area (Å²) in [6.45, 7) is 3.72. The van der Waals surface area contributed by atoms with Gasteiger partial charge in [0, 0.05) is 16.3 Å². The van der Waals surface area contributed by atoms with Gasteiger partial charge < -0.3 is 16.0 Å². The summed E-state index contributed by atoms with van der Waals surface area (Å²) < 4.78 is 0. The number of rotatable bonds is 3. The average Bonchev–Trinajstić information content (AvgIpc) is 2.93. The standard InChI is InChI=1S/C17H17N3O2S/c1-10-8-9-23-15(10)14-13(11(2)18-17(22)20-14)16(21)19-12-6-4-3-5-7-12/h3-9,14H,1-2H3,(H,19,21)(H2,18,20,22)/t14-/m1/s1. The lowest BCUT2D eigenvalue weighted by molar-refractivity contribution is -0.113. The summed E-state index contributed by atoms with van der Waals surface area (Å²) in [6.07, 6.45) is 0. The van der Waals surface area contributed by atoms with Crippen molar-refractivity contribution in [3.05, 3.63) is 63.5 Å². The number of thiophene rings is 1. The normalized spacial score (nSPS) is 17.5. The molecular weight excluding hydrogens is 310 g/mol. The molecule has 23 heavy (non-hydrogen) atoms. The molecule has 2 heterocycles. The summed E-state index contributed by atoms with van der Waals surface area (Å²) in [5.74, 6) is -0.223. The summed E-state index contributed by atoms with van der Waals surface area (Å²) >= 11 is 1.53. The molecule has 3 amide bonds. The van der Waals surface area contributed by atoms with Crippen molar-refractivity contribution in [2.75, 3.05) is 5.32 Å². The second-order valence-electron chi connectivity index (χ2n) is 5.36. The summed E-state index contributed by atoms with van der Waals surface area (Å²) in [6, 6.07) is 10.5. The summed E-state index contributed by atoms with van der Waals surface area (Å²) in [7, 11) is 0. The van der Waals surface area contributed by atoms with E-state index >= 15 is 0 Å². The fourth-order valence-electron chi connectivity index (χ4n) is 2.59. The molecule has 0 aliphatic carbocycles. The first-order valence-corrected chi connectivity index (χ1v) is 8.13. The molecule has 0 saturated carbocycles. The Morgan fingerprint density at radius 1 is 1.17 bits per heavy atom. The minimum atomic E-state index is -0.438. The number of hydrogen-bond donors (Lipinski definition) is 3. The van der Waals surface area contributed by atoms with Crippen molar-refractivity contribution in [2.45, 2.75) is 19.9 Å². The predicted molar refractivity (Wildman–Crippen MR) is 91.2 cm³/mol. The van der Waals surface area contributed by atoms with Gasteiger partial charge in [0.15, 0.2) is 0 Å². The summed E-state index contributed by atoms with van der Waals surface area (Å²) in [5, 5.41) is 10.4. The number of carbonyl (C=O) groups is 2. The molecule has 0 radical (unpaired) electrons. The second-order valence-corrected chi connectivity index (χ2v) is 6.31. The Balaban J connectivity index is 1.95. The van der Waals surface area contributed by atoms with E-state index in [0.29, 0.717) is 11.3 Å². The molecule has 1 atom stereocenters. The number of benzene rings is 1. The molecule has 0 fully saturated rings. The minimum Gasteiger partial charge on any atom is -0.326 e. The van der Waals surface area contributed by atoms with Crippen LogP contribution in [-0.4, -0.2) is 11.9 Å². The van der Waals surface area contributed by atoms with Gasteiger partial charge in [-0.15, -0.1) is 11.3 Å². The fraction of sp³-hybridized carbons (Fsp3) is 0.176. The lowest BCUT2D eigenvalue weighted by Gasteiger charge is -2.28. The maximum absolute atomic E-state index is 12.7. The van der Waals surface area contributed by atoms with Crippen LogP contribution in [0.2, 0.25) is 0 Å². The van der Waals surface area contributed by atoms with E-state index in [1.54, 1.807) is 6.92 Å². The summed E-state index contributed by atoms with van der Waals surface area (Å²) in [5.41, 5.74) is 2.87. The first kappa shape index (κ1) is 15.3. The number of nitrogens with one attached hydrogen (secondary N) is 3. The van der Waals surface area contributed by atoms with Crippen LogP contribution < -0.4 is 16.0 Å². The van der Waals surface area contributed by atoms with Gasteiger partial charge in [0.05, 0.1) is 11.6 Å². The largest absolute Gasteiger partial charge is 0.326 e. The van der Waals surface area contributed by atoms with Crippen LogP contribution in [0.4, 0.5) is 10.5 Å².